The van der Waals surface area contributed by atoms with Gasteiger partial charge in [0.25, 0.3) is 0 Å². The number of halogens is 2. The highest BCUT2D eigenvalue weighted by atomic mass is 79.9. The van der Waals surface area contributed by atoms with Gasteiger partial charge < -0.3 is 4.74 Å². The summed E-state index contributed by atoms with van der Waals surface area (Å²) in [4.78, 5) is 54.8. The molecular formula is C33H21Br2NO5. The second-order valence-electron chi connectivity index (χ2n) is 10.4. The number of benzene rings is 4. The highest BCUT2D eigenvalue weighted by Crippen LogP contribution is 2.66. The van der Waals surface area contributed by atoms with Crippen LogP contribution in [0.25, 0.3) is 0 Å². The van der Waals surface area contributed by atoms with Crippen molar-refractivity contribution >= 4 is 61.1 Å². The van der Waals surface area contributed by atoms with Crippen LogP contribution in [0, 0.1) is 11.8 Å². The number of ether oxygens (including phenoxy) is 1. The van der Waals surface area contributed by atoms with E-state index in [1.165, 1.54) is 17.0 Å². The lowest BCUT2D eigenvalue weighted by atomic mass is 9.55. The van der Waals surface area contributed by atoms with E-state index >= 15 is 0 Å². The molecule has 0 radical (unpaired) electrons. The van der Waals surface area contributed by atoms with Crippen LogP contribution in [0.4, 0.5) is 5.69 Å². The Morgan fingerprint density at radius 3 is 2.07 bits per heavy atom. The SMILES string of the molecule is O=C(COC(=O)c1cccc(N2C(=O)[C@@H]3C4c5ccccc5C(Br)(c5ccccc54)[C@H]3C2=O)c1)c1ccc(Br)cc1. The van der Waals surface area contributed by atoms with Crippen molar-refractivity contribution in [1.82, 2.24) is 0 Å². The third kappa shape index (κ3) is 3.81. The summed E-state index contributed by atoms with van der Waals surface area (Å²) in [5.74, 6) is -3.17. The predicted molar refractivity (Wildman–Crippen MR) is 159 cm³/mol. The molecule has 2 atom stereocenters. The second-order valence-corrected chi connectivity index (χ2v) is 12.6. The zero-order valence-corrected chi connectivity index (χ0v) is 24.6. The maximum atomic E-state index is 14.2. The number of hydrogen-bond acceptors (Lipinski definition) is 5. The van der Waals surface area contributed by atoms with Gasteiger partial charge in [0.15, 0.2) is 12.4 Å². The van der Waals surface area contributed by atoms with Gasteiger partial charge in [-0.2, -0.15) is 0 Å². The Bertz CT molecular complexity index is 1740. The van der Waals surface area contributed by atoms with E-state index in [4.69, 9.17) is 4.74 Å². The van der Waals surface area contributed by atoms with E-state index in [-0.39, 0.29) is 29.1 Å². The van der Waals surface area contributed by atoms with Crippen LogP contribution in [0.15, 0.2) is 102 Å². The molecule has 6 nitrogen and oxygen atoms in total. The number of Topliss-reactive ketones (excluding diaryl/α,β-unsaturated/α-hetero) is 1. The maximum Gasteiger partial charge on any atom is 0.338 e. The predicted octanol–water partition coefficient (Wildman–Crippen LogP) is 6.39. The van der Waals surface area contributed by atoms with E-state index < -0.39 is 28.7 Å². The summed E-state index contributed by atoms with van der Waals surface area (Å²) < 4.78 is 5.27. The van der Waals surface area contributed by atoms with Gasteiger partial charge >= 0.3 is 5.97 Å². The Morgan fingerprint density at radius 1 is 0.780 bits per heavy atom. The fourth-order valence-electron chi connectivity index (χ4n) is 6.64. The normalized spacial score (nSPS) is 23.6. The Morgan fingerprint density at radius 2 is 1.41 bits per heavy atom. The van der Waals surface area contributed by atoms with Gasteiger partial charge in [0.05, 0.1) is 27.4 Å². The molecule has 0 aromatic heterocycles. The zero-order valence-electron chi connectivity index (χ0n) is 21.4. The zero-order chi connectivity index (χ0) is 28.5. The summed E-state index contributed by atoms with van der Waals surface area (Å²) in [5.41, 5.74) is 4.95. The number of esters is 1. The summed E-state index contributed by atoms with van der Waals surface area (Å²) in [6, 6.07) is 29.0. The molecule has 41 heavy (non-hydrogen) atoms. The molecule has 1 fully saturated rings. The molecule has 0 unspecified atom stereocenters. The first-order valence-electron chi connectivity index (χ1n) is 13.1. The van der Waals surface area contributed by atoms with E-state index in [1.807, 2.05) is 48.5 Å². The summed E-state index contributed by atoms with van der Waals surface area (Å²) in [6.45, 7) is -0.430. The minimum Gasteiger partial charge on any atom is -0.454 e. The van der Waals surface area contributed by atoms with Crippen molar-refractivity contribution < 1.29 is 23.9 Å². The first-order chi connectivity index (χ1) is 19.8. The van der Waals surface area contributed by atoms with Gasteiger partial charge in [0, 0.05) is 16.0 Å². The summed E-state index contributed by atoms with van der Waals surface area (Å²) in [7, 11) is 0. The van der Waals surface area contributed by atoms with Crippen molar-refractivity contribution in [3.63, 3.8) is 0 Å². The van der Waals surface area contributed by atoms with Gasteiger partial charge in [-0.15, -0.1) is 0 Å². The number of anilines is 1. The van der Waals surface area contributed by atoms with Crippen molar-refractivity contribution in [3.8, 4) is 0 Å². The molecule has 0 N–H and O–H groups in total. The number of alkyl halides is 1. The molecule has 3 aliphatic carbocycles. The highest BCUT2D eigenvalue weighted by molar-refractivity contribution is 9.10. The number of imide groups is 1. The average molecular weight is 671 g/mol. The van der Waals surface area contributed by atoms with E-state index in [2.05, 4.69) is 31.9 Å². The molecule has 0 spiro atoms. The number of amides is 2. The first kappa shape index (κ1) is 26.0. The van der Waals surface area contributed by atoms with E-state index in [0.717, 1.165) is 26.7 Å². The fourth-order valence-corrected chi connectivity index (χ4v) is 8.11. The van der Waals surface area contributed by atoms with Gasteiger partial charge in [0.2, 0.25) is 11.8 Å². The molecule has 0 saturated carbocycles. The van der Waals surface area contributed by atoms with Crippen molar-refractivity contribution in [2.45, 2.75) is 10.2 Å². The fraction of sp³-hybridized carbons (Fsp3) is 0.152. The van der Waals surface area contributed by atoms with Crippen LogP contribution in [0.1, 0.15) is 48.9 Å². The maximum absolute atomic E-state index is 14.2. The van der Waals surface area contributed by atoms with Crippen molar-refractivity contribution in [2.75, 3.05) is 11.5 Å². The molecule has 4 aromatic rings. The van der Waals surface area contributed by atoms with Gasteiger partial charge in [0.1, 0.15) is 0 Å². The molecule has 4 aromatic carbocycles. The Labute approximate surface area is 252 Å². The lowest BCUT2D eigenvalue weighted by Gasteiger charge is -2.51. The largest absolute Gasteiger partial charge is 0.454 e. The number of hydrogen-bond donors (Lipinski definition) is 0. The molecule has 1 heterocycles. The monoisotopic (exact) mass is 669 g/mol. The van der Waals surface area contributed by atoms with Crippen LogP contribution in [0.3, 0.4) is 0 Å². The lowest BCUT2D eigenvalue weighted by molar-refractivity contribution is -0.122. The van der Waals surface area contributed by atoms with E-state index in [9.17, 15) is 19.2 Å². The topological polar surface area (TPSA) is 80.8 Å². The van der Waals surface area contributed by atoms with Gasteiger partial charge in [-0.1, -0.05) is 98.6 Å². The third-order valence-corrected chi connectivity index (χ3v) is 10.2. The molecule has 4 aliphatic rings. The highest BCUT2D eigenvalue weighted by Gasteiger charge is 2.67. The van der Waals surface area contributed by atoms with Crippen molar-refractivity contribution in [3.05, 3.63) is 135 Å². The lowest BCUT2D eigenvalue weighted by Crippen LogP contribution is -2.50. The molecule has 202 valence electrons. The van der Waals surface area contributed by atoms with E-state index in [1.54, 1.807) is 36.4 Å². The molecule has 1 saturated heterocycles. The Hall–Kier alpha value is -3.88. The van der Waals surface area contributed by atoms with Crippen LogP contribution >= 0.6 is 31.9 Å². The number of nitrogens with zero attached hydrogens (tertiary/aromatic N) is 1. The quantitative estimate of drug-likeness (QED) is 0.106. The van der Waals surface area contributed by atoms with Crippen LogP contribution in [-0.4, -0.2) is 30.2 Å². The standard InChI is InChI=1S/C33H21Br2NO5/c34-20-14-12-18(13-15-20)26(37)17-41-32(40)19-6-5-7-21(16-19)36-30(38)28-27-22-8-1-3-10-24(22)33(35,29(28)31(36)39)25-11-4-2-9-23(25)27/h1-16,27-29H,17H2/t27?,28-,29-,33?/m1/s1. The molecule has 2 amide bonds. The van der Waals surface area contributed by atoms with Crippen LogP contribution in [0.2, 0.25) is 0 Å². The van der Waals surface area contributed by atoms with E-state index in [0.29, 0.717) is 11.3 Å². The molecule has 8 heteroatoms. The minimum atomic E-state index is -0.856. The molecule has 2 bridgehead atoms. The van der Waals surface area contributed by atoms with Crippen LogP contribution in [0.5, 0.6) is 0 Å². The average Bonchev–Trinajstić information content (AvgIpc) is 3.27. The van der Waals surface area contributed by atoms with Gasteiger partial charge in [-0.25, -0.2) is 9.69 Å². The van der Waals surface area contributed by atoms with Crippen LogP contribution < -0.4 is 4.90 Å². The number of carbonyl (C=O) groups is 4. The molecule has 1 aliphatic heterocycles. The smallest absolute Gasteiger partial charge is 0.338 e. The number of ketones is 1. The van der Waals surface area contributed by atoms with Gasteiger partial charge in [-0.05, 0) is 52.6 Å². The van der Waals surface area contributed by atoms with Gasteiger partial charge in [-0.3, -0.25) is 14.4 Å². The third-order valence-electron chi connectivity index (χ3n) is 8.36. The van der Waals surface area contributed by atoms with Crippen molar-refractivity contribution in [2.24, 2.45) is 11.8 Å². The molecule has 8 rings (SSSR count). The van der Waals surface area contributed by atoms with Crippen molar-refractivity contribution in [1.29, 1.82) is 0 Å². The number of carbonyl (C=O) groups excluding carboxylic acids is 4. The molecular weight excluding hydrogens is 650 g/mol. The minimum absolute atomic E-state index is 0.143. The summed E-state index contributed by atoms with van der Waals surface area (Å²) >= 11 is 7.32. The van der Waals surface area contributed by atoms with Crippen LogP contribution in [-0.2, 0) is 18.7 Å². The summed E-state index contributed by atoms with van der Waals surface area (Å²) in [6.07, 6.45) is 0. The Balaban J connectivity index is 1.20. The summed E-state index contributed by atoms with van der Waals surface area (Å²) in [5, 5.41) is 0. The number of rotatable bonds is 5. The Kier molecular flexibility index (Phi) is 6.10. The second kappa shape index (κ2) is 9.60. The first-order valence-corrected chi connectivity index (χ1v) is 14.7.